The summed E-state index contributed by atoms with van der Waals surface area (Å²) in [5, 5.41) is 2.09. The van der Waals surface area contributed by atoms with Crippen LogP contribution < -0.4 is 0 Å². The summed E-state index contributed by atoms with van der Waals surface area (Å²) >= 11 is 0. The molecule has 0 saturated carbocycles. The minimum Gasteiger partial charge on any atom is -0.352 e. The number of hydrogen-bond acceptors (Lipinski definition) is 4. The fourth-order valence-corrected chi connectivity index (χ4v) is 6.41. The number of rotatable bonds is 5. The first kappa shape index (κ1) is 24.5. The number of carbonyl (C=O) groups is 1. The lowest BCUT2D eigenvalue weighted by atomic mass is 9.88. The number of ether oxygens (including phenoxy) is 2. The third-order valence-electron chi connectivity index (χ3n) is 8.42. The van der Waals surface area contributed by atoms with Crippen LogP contribution in [0.3, 0.4) is 0 Å². The van der Waals surface area contributed by atoms with Crippen molar-refractivity contribution in [2.75, 3.05) is 45.9 Å². The summed E-state index contributed by atoms with van der Waals surface area (Å²) < 4.78 is 25.5. The van der Waals surface area contributed by atoms with Gasteiger partial charge in [0.25, 0.3) is 5.91 Å². The Balaban J connectivity index is 1.16. The van der Waals surface area contributed by atoms with Crippen molar-refractivity contribution >= 4 is 16.7 Å². The van der Waals surface area contributed by atoms with E-state index in [0.717, 1.165) is 55.2 Å². The van der Waals surface area contributed by atoms with Gasteiger partial charge in [0.2, 0.25) is 0 Å². The number of piperidine rings is 1. The van der Waals surface area contributed by atoms with Crippen molar-refractivity contribution in [1.29, 1.82) is 0 Å². The molecule has 3 heterocycles. The number of fused-ring (bicyclic) bond motifs is 1. The van der Waals surface area contributed by atoms with Gasteiger partial charge in [0.1, 0.15) is 5.82 Å². The average Bonchev–Trinajstić information content (AvgIpc) is 3.37. The predicted molar refractivity (Wildman–Crippen MR) is 142 cm³/mol. The van der Waals surface area contributed by atoms with Gasteiger partial charge in [0, 0.05) is 31.1 Å². The smallest absolute Gasteiger partial charge is 0.254 e. The topological polar surface area (TPSA) is 42.0 Å². The molecule has 0 aromatic heterocycles. The zero-order valence-corrected chi connectivity index (χ0v) is 21.2. The molecule has 1 unspecified atom stereocenters. The Labute approximate surface area is 218 Å². The highest BCUT2D eigenvalue weighted by molar-refractivity contribution is 6.07. The molecule has 0 N–H and O–H groups in total. The van der Waals surface area contributed by atoms with Crippen molar-refractivity contribution < 1.29 is 18.7 Å². The molecule has 37 heavy (non-hydrogen) atoms. The summed E-state index contributed by atoms with van der Waals surface area (Å²) in [6, 6.07) is 21.1. The predicted octanol–water partition coefficient (Wildman–Crippen LogP) is 5.31. The molecule has 0 radical (unpaired) electrons. The summed E-state index contributed by atoms with van der Waals surface area (Å²) in [6.45, 7) is 5.76. The molecule has 3 saturated heterocycles. The number of benzene rings is 3. The minimum atomic E-state index is -0.249. The van der Waals surface area contributed by atoms with Crippen LogP contribution in [0.4, 0.5) is 4.39 Å². The van der Waals surface area contributed by atoms with Gasteiger partial charge in [-0.2, -0.15) is 0 Å². The number of amides is 1. The number of halogens is 1. The first-order chi connectivity index (χ1) is 18.2. The standard InChI is InChI=1S/C31H35FN2O3/c32-26-11-9-22(10-12-26)23-13-15-33(16-14-23)19-25-20-34(21-29(25)31-36-17-4-18-37-31)30(35)28-8-3-6-24-5-1-2-7-27(24)28/h1-3,5-12,23,25,29,31H,4,13-21H2/t25?,29-/m1/s1. The van der Waals surface area contributed by atoms with Gasteiger partial charge in [0.15, 0.2) is 6.29 Å². The van der Waals surface area contributed by atoms with Gasteiger partial charge in [-0.25, -0.2) is 4.39 Å². The Hall–Kier alpha value is -2.80. The largest absolute Gasteiger partial charge is 0.352 e. The molecule has 5 nitrogen and oxygen atoms in total. The van der Waals surface area contributed by atoms with Crippen LogP contribution in [0.25, 0.3) is 10.8 Å². The SMILES string of the molecule is O=C(c1cccc2ccccc12)N1CC(CN2CCC(c3ccc(F)cc3)CC2)[C@H](C2OCCCO2)C1. The molecule has 3 aliphatic heterocycles. The Morgan fingerprint density at radius 2 is 1.62 bits per heavy atom. The molecule has 0 aliphatic carbocycles. The monoisotopic (exact) mass is 502 g/mol. The van der Waals surface area contributed by atoms with Gasteiger partial charge in [-0.1, -0.05) is 48.5 Å². The average molecular weight is 503 g/mol. The number of carbonyl (C=O) groups excluding carboxylic acids is 1. The molecule has 3 fully saturated rings. The summed E-state index contributed by atoms with van der Waals surface area (Å²) in [5.41, 5.74) is 2.00. The molecule has 1 amide bonds. The molecular weight excluding hydrogens is 467 g/mol. The first-order valence-corrected chi connectivity index (χ1v) is 13.6. The summed E-state index contributed by atoms with van der Waals surface area (Å²) in [4.78, 5) is 18.3. The van der Waals surface area contributed by atoms with Gasteiger partial charge in [-0.3, -0.25) is 4.79 Å². The normalized spacial score (nSPS) is 24.1. The van der Waals surface area contributed by atoms with Crippen LogP contribution in [0.5, 0.6) is 0 Å². The van der Waals surface area contributed by atoms with Crippen LogP contribution in [0, 0.1) is 17.7 Å². The van der Waals surface area contributed by atoms with Gasteiger partial charge >= 0.3 is 0 Å². The van der Waals surface area contributed by atoms with Gasteiger partial charge in [-0.15, -0.1) is 0 Å². The molecule has 0 bridgehead atoms. The van der Waals surface area contributed by atoms with Crippen LogP contribution in [-0.4, -0.2) is 67.9 Å². The highest BCUT2D eigenvalue weighted by Gasteiger charge is 2.43. The lowest BCUT2D eigenvalue weighted by Crippen LogP contribution is -2.42. The maximum atomic E-state index is 13.8. The Morgan fingerprint density at radius 1 is 0.892 bits per heavy atom. The maximum absolute atomic E-state index is 13.8. The van der Waals surface area contributed by atoms with Crippen LogP contribution in [-0.2, 0) is 9.47 Å². The van der Waals surface area contributed by atoms with Crippen molar-refractivity contribution in [1.82, 2.24) is 9.80 Å². The van der Waals surface area contributed by atoms with Crippen molar-refractivity contribution in [2.24, 2.45) is 11.8 Å². The minimum absolute atomic E-state index is 0.0927. The third kappa shape index (κ3) is 5.28. The Kier molecular flexibility index (Phi) is 7.23. The van der Waals surface area contributed by atoms with Crippen LogP contribution in [0.2, 0.25) is 0 Å². The van der Waals surface area contributed by atoms with E-state index in [2.05, 4.69) is 17.0 Å². The van der Waals surface area contributed by atoms with Gasteiger partial charge < -0.3 is 19.3 Å². The lowest BCUT2D eigenvalue weighted by molar-refractivity contribution is -0.209. The quantitative estimate of drug-likeness (QED) is 0.474. The van der Waals surface area contributed by atoms with Crippen molar-refractivity contribution in [2.45, 2.75) is 31.5 Å². The van der Waals surface area contributed by atoms with E-state index in [1.54, 1.807) is 12.1 Å². The van der Waals surface area contributed by atoms with Crippen molar-refractivity contribution in [3.63, 3.8) is 0 Å². The molecule has 6 heteroatoms. The number of nitrogens with zero attached hydrogens (tertiary/aromatic N) is 2. The van der Waals surface area contributed by atoms with Gasteiger partial charge in [-0.05, 0) is 78.7 Å². The van der Waals surface area contributed by atoms with E-state index >= 15 is 0 Å². The van der Waals surface area contributed by atoms with Crippen LogP contribution in [0.1, 0.15) is 41.1 Å². The first-order valence-electron chi connectivity index (χ1n) is 13.6. The summed E-state index contributed by atoms with van der Waals surface area (Å²) in [5.74, 6) is 0.850. The molecule has 2 atom stereocenters. The van der Waals surface area contributed by atoms with E-state index in [1.807, 2.05) is 47.4 Å². The molecule has 6 rings (SSSR count). The van der Waals surface area contributed by atoms with E-state index in [4.69, 9.17) is 9.47 Å². The van der Waals surface area contributed by atoms with E-state index in [1.165, 1.54) is 5.56 Å². The fraction of sp³-hybridized carbons (Fsp3) is 0.452. The number of hydrogen-bond donors (Lipinski definition) is 0. The van der Waals surface area contributed by atoms with Crippen LogP contribution >= 0.6 is 0 Å². The number of likely N-dealkylation sites (tertiary alicyclic amines) is 2. The second-order valence-electron chi connectivity index (χ2n) is 10.8. The maximum Gasteiger partial charge on any atom is 0.254 e. The highest BCUT2D eigenvalue weighted by Crippen LogP contribution is 2.35. The molecule has 3 aliphatic rings. The second kappa shape index (κ2) is 10.9. The van der Waals surface area contributed by atoms with Crippen LogP contribution in [0.15, 0.2) is 66.7 Å². The van der Waals surface area contributed by atoms with Crippen molar-refractivity contribution in [3.05, 3.63) is 83.7 Å². The highest BCUT2D eigenvalue weighted by atomic mass is 19.1. The third-order valence-corrected chi connectivity index (χ3v) is 8.42. The Bertz CT molecular complexity index is 1210. The Morgan fingerprint density at radius 3 is 2.41 bits per heavy atom. The fourth-order valence-electron chi connectivity index (χ4n) is 6.41. The van der Waals surface area contributed by atoms with E-state index in [-0.39, 0.29) is 23.9 Å². The molecular formula is C31H35FN2O3. The second-order valence-corrected chi connectivity index (χ2v) is 10.8. The molecule has 0 spiro atoms. The van der Waals surface area contributed by atoms with E-state index in [9.17, 15) is 9.18 Å². The van der Waals surface area contributed by atoms with E-state index < -0.39 is 0 Å². The zero-order chi connectivity index (χ0) is 25.2. The summed E-state index contributed by atoms with van der Waals surface area (Å²) in [6.07, 6.45) is 2.81. The molecule has 194 valence electrons. The van der Waals surface area contributed by atoms with Crippen molar-refractivity contribution in [3.8, 4) is 0 Å². The zero-order valence-electron chi connectivity index (χ0n) is 21.2. The van der Waals surface area contributed by atoms with Gasteiger partial charge in [0.05, 0.1) is 13.2 Å². The molecule has 3 aromatic carbocycles. The summed E-state index contributed by atoms with van der Waals surface area (Å²) in [7, 11) is 0. The molecule has 3 aromatic rings. The lowest BCUT2D eigenvalue weighted by Gasteiger charge is -2.36. The van der Waals surface area contributed by atoms with E-state index in [0.29, 0.717) is 38.1 Å².